The second-order valence-electron chi connectivity index (χ2n) is 2.89. The monoisotopic (exact) mass is 230 g/mol. The lowest BCUT2D eigenvalue weighted by atomic mass is 10.1. The van der Waals surface area contributed by atoms with E-state index in [-0.39, 0.29) is 17.4 Å². The lowest BCUT2D eigenvalue weighted by Crippen LogP contribution is -1.92. The van der Waals surface area contributed by atoms with Crippen LogP contribution < -0.4 is 0 Å². The highest BCUT2D eigenvalue weighted by Gasteiger charge is 2.06. The molecule has 0 unspecified atom stereocenters. The number of carbonyl (C=O) groups excluding carboxylic acids is 1. The summed E-state index contributed by atoms with van der Waals surface area (Å²) in [4.78, 5) is 10.3. The fraction of sp³-hybridized carbons (Fsp3) is 0.182. The van der Waals surface area contributed by atoms with Crippen LogP contribution in [0.3, 0.4) is 0 Å². The lowest BCUT2D eigenvalue weighted by Gasteiger charge is -1.99. The number of hydrogen-bond acceptors (Lipinski definition) is 1. The van der Waals surface area contributed by atoms with Crippen molar-refractivity contribution < 1.29 is 13.6 Å². The maximum Gasteiger partial charge on any atom is 0.153 e. The van der Waals surface area contributed by atoms with Gasteiger partial charge in [0.05, 0.1) is 5.56 Å². The highest BCUT2D eigenvalue weighted by Crippen LogP contribution is 2.15. The first kappa shape index (κ1) is 11.9. The molecule has 0 N–H and O–H groups in total. The van der Waals surface area contributed by atoms with Crippen LogP contribution in [0.25, 0.3) is 6.08 Å². The molecule has 0 heterocycles. The number of aldehydes is 1. The third-order valence-electron chi connectivity index (χ3n) is 1.82. The Hall–Kier alpha value is -1.22. The number of benzene rings is 1. The molecule has 15 heavy (non-hydrogen) atoms. The Morgan fingerprint density at radius 1 is 1.20 bits per heavy atom. The fourth-order valence-electron chi connectivity index (χ4n) is 1.07. The van der Waals surface area contributed by atoms with Gasteiger partial charge in [0, 0.05) is 11.4 Å². The summed E-state index contributed by atoms with van der Waals surface area (Å²) < 4.78 is 26.3. The van der Waals surface area contributed by atoms with Crippen molar-refractivity contribution in [1.29, 1.82) is 0 Å². The summed E-state index contributed by atoms with van der Waals surface area (Å²) in [6, 6.07) is 1.87. The Kier molecular flexibility index (Phi) is 4.43. The van der Waals surface area contributed by atoms with Gasteiger partial charge < -0.3 is 0 Å². The summed E-state index contributed by atoms with van der Waals surface area (Å²) in [7, 11) is 0. The maximum absolute atomic E-state index is 13.2. The summed E-state index contributed by atoms with van der Waals surface area (Å²) in [5, 5.41) is 0. The number of halogens is 3. The first-order valence-electron chi connectivity index (χ1n) is 4.35. The van der Waals surface area contributed by atoms with Crippen LogP contribution in [0.2, 0.25) is 0 Å². The predicted octanol–water partition coefficient (Wildman–Crippen LogP) is 3.42. The zero-order valence-corrected chi connectivity index (χ0v) is 8.60. The first-order chi connectivity index (χ1) is 7.19. The number of allylic oxidation sites excluding steroid dienone is 1. The van der Waals surface area contributed by atoms with Crippen LogP contribution in [0, 0.1) is 11.6 Å². The van der Waals surface area contributed by atoms with Crippen LogP contribution in [0.4, 0.5) is 8.78 Å². The van der Waals surface area contributed by atoms with Crippen molar-refractivity contribution >= 4 is 24.0 Å². The molecule has 0 spiro atoms. The normalized spacial score (nSPS) is 10.9. The summed E-state index contributed by atoms with van der Waals surface area (Å²) >= 11 is 5.42. The highest BCUT2D eigenvalue weighted by molar-refractivity contribution is 6.17. The van der Waals surface area contributed by atoms with E-state index >= 15 is 0 Å². The van der Waals surface area contributed by atoms with Crippen LogP contribution in [0.1, 0.15) is 22.3 Å². The van der Waals surface area contributed by atoms with Crippen molar-refractivity contribution in [2.24, 2.45) is 0 Å². The molecule has 1 aromatic rings. The average Bonchev–Trinajstić information content (AvgIpc) is 2.23. The molecule has 0 amide bonds. The summed E-state index contributed by atoms with van der Waals surface area (Å²) in [6.45, 7) is 0. The molecular weight excluding hydrogens is 222 g/mol. The third kappa shape index (κ3) is 3.13. The predicted molar refractivity (Wildman–Crippen MR) is 56.1 cm³/mol. The minimum absolute atomic E-state index is 0.114. The third-order valence-corrected chi connectivity index (χ3v) is 2.03. The molecule has 1 rings (SSSR count). The molecule has 0 aliphatic heterocycles. The molecule has 0 saturated carbocycles. The van der Waals surface area contributed by atoms with E-state index < -0.39 is 11.6 Å². The van der Waals surface area contributed by atoms with E-state index in [1.807, 2.05) is 0 Å². The second-order valence-corrected chi connectivity index (χ2v) is 3.27. The smallest absolute Gasteiger partial charge is 0.153 e. The zero-order valence-electron chi connectivity index (χ0n) is 7.84. The SMILES string of the molecule is O=Cc1cc(F)c(C=CCCCl)cc1F. The number of hydrogen-bond donors (Lipinski definition) is 0. The van der Waals surface area contributed by atoms with Gasteiger partial charge in [-0.3, -0.25) is 4.79 Å². The molecule has 1 nitrogen and oxygen atoms in total. The van der Waals surface area contributed by atoms with Gasteiger partial charge in [-0.2, -0.15) is 0 Å². The van der Waals surface area contributed by atoms with E-state index in [2.05, 4.69) is 0 Å². The van der Waals surface area contributed by atoms with Gasteiger partial charge in [-0.1, -0.05) is 12.2 Å². The lowest BCUT2D eigenvalue weighted by molar-refractivity contribution is 0.111. The van der Waals surface area contributed by atoms with Crippen molar-refractivity contribution in [3.05, 3.63) is 41.0 Å². The molecule has 0 fully saturated rings. The number of carbonyl (C=O) groups is 1. The number of rotatable bonds is 4. The molecule has 0 bridgehead atoms. The first-order valence-corrected chi connectivity index (χ1v) is 4.89. The Balaban J connectivity index is 3.00. The van der Waals surface area contributed by atoms with Gasteiger partial charge in [-0.05, 0) is 18.6 Å². The summed E-state index contributed by atoms with van der Waals surface area (Å²) in [5.74, 6) is -0.922. The van der Waals surface area contributed by atoms with E-state index in [1.165, 1.54) is 6.08 Å². The second kappa shape index (κ2) is 5.61. The quantitative estimate of drug-likeness (QED) is 0.572. The summed E-state index contributed by atoms with van der Waals surface area (Å²) in [6.07, 6.45) is 3.95. The van der Waals surface area contributed by atoms with Gasteiger partial charge in [0.15, 0.2) is 6.29 Å². The van der Waals surface area contributed by atoms with Gasteiger partial charge in [0.25, 0.3) is 0 Å². The van der Waals surface area contributed by atoms with E-state index in [4.69, 9.17) is 11.6 Å². The van der Waals surface area contributed by atoms with E-state index in [0.29, 0.717) is 12.3 Å². The van der Waals surface area contributed by atoms with E-state index in [1.54, 1.807) is 6.08 Å². The minimum atomic E-state index is -0.725. The van der Waals surface area contributed by atoms with Crippen LogP contribution in [0.5, 0.6) is 0 Å². The van der Waals surface area contributed by atoms with Crippen molar-refractivity contribution in [2.75, 3.05) is 5.88 Å². The van der Waals surface area contributed by atoms with Gasteiger partial charge in [0.1, 0.15) is 11.6 Å². The van der Waals surface area contributed by atoms with Crippen molar-refractivity contribution in [1.82, 2.24) is 0 Å². The van der Waals surface area contributed by atoms with Crippen LogP contribution >= 0.6 is 11.6 Å². The molecule has 0 atom stereocenters. The molecule has 0 saturated heterocycles. The standard InChI is InChI=1S/C11H9ClF2O/c12-4-2-1-3-8-5-11(14)9(7-15)6-10(8)13/h1,3,5-7H,2,4H2. The van der Waals surface area contributed by atoms with Crippen molar-refractivity contribution in [3.8, 4) is 0 Å². The molecule has 0 aliphatic rings. The van der Waals surface area contributed by atoms with Crippen LogP contribution in [0.15, 0.2) is 18.2 Å². The van der Waals surface area contributed by atoms with Crippen LogP contribution in [-0.4, -0.2) is 12.2 Å². The Bertz CT molecular complexity index is 388. The minimum Gasteiger partial charge on any atom is -0.298 e. The molecule has 0 radical (unpaired) electrons. The zero-order chi connectivity index (χ0) is 11.3. The fourth-order valence-corrected chi connectivity index (χ4v) is 1.19. The van der Waals surface area contributed by atoms with Crippen molar-refractivity contribution in [2.45, 2.75) is 6.42 Å². The van der Waals surface area contributed by atoms with Gasteiger partial charge in [-0.15, -0.1) is 11.6 Å². The Morgan fingerprint density at radius 2 is 1.80 bits per heavy atom. The molecular formula is C11H9ClF2O. The average molecular weight is 231 g/mol. The maximum atomic E-state index is 13.2. The molecule has 1 aromatic carbocycles. The Morgan fingerprint density at radius 3 is 2.40 bits per heavy atom. The largest absolute Gasteiger partial charge is 0.298 e. The van der Waals surface area contributed by atoms with E-state index in [9.17, 15) is 13.6 Å². The Labute approximate surface area is 91.4 Å². The van der Waals surface area contributed by atoms with Crippen LogP contribution in [-0.2, 0) is 0 Å². The molecule has 4 heteroatoms. The molecule has 0 aromatic heterocycles. The van der Waals surface area contributed by atoms with Gasteiger partial charge in [-0.25, -0.2) is 8.78 Å². The van der Waals surface area contributed by atoms with Gasteiger partial charge >= 0.3 is 0 Å². The van der Waals surface area contributed by atoms with E-state index in [0.717, 1.165) is 12.1 Å². The number of alkyl halides is 1. The van der Waals surface area contributed by atoms with Gasteiger partial charge in [0.2, 0.25) is 0 Å². The summed E-state index contributed by atoms with van der Waals surface area (Å²) in [5.41, 5.74) is -0.162. The molecule has 80 valence electrons. The highest BCUT2D eigenvalue weighted by atomic mass is 35.5. The van der Waals surface area contributed by atoms with Crippen molar-refractivity contribution in [3.63, 3.8) is 0 Å². The molecule has 0 aliphatic carbocycles. The topological polar surface area (TPSA) is 17.1 Å².